The van der Waals surface area contributed by atoms with Gasteiger partial charge in [0.15, 0.2) is 0 Å². The van der Waals surface area contributed by atoms with Crippen molar-refractivity contribution in [1.29, 1.82) is 5.26 Å². The number of hydrogen-bond donors (Lipinski definition) is 2. The quantitative estimate of drug-likeness (QED) is 0.670. The van der Waals surface area contributed by atoms with E-state index in [1.807, 2.05) is 42.5 Å². The Hall–Kier alpha value is -3.10. The third-order valence-corrected chi connectivity index (χ3v) is 5.52. The first-order valence-corrected chi connectivity index (χ1v) is 9.63. The molecule has 2 aromatic carbocycles. The first-order valence-electron chi connectivity index (χ1n) is 9.63. The number of carbonyl (C=O) groups is 1. The average Bonchev–Trinajstić information content (AvgIpc) is 3.37. The second-order valence-electron chi connectivity index (χ2n) is 7.34. The van der Waals surface area contributed by atoms with Gasteiger partial charge in [0.05, 0.1) is 17.6 Å². The van der Waals surface area contributed by atoms with Crippen LogP contribution < -0.4 is 5.32 Å². The molecular formula is C23H22N2O3. The first kappa shape index (κ1) is 18.3. The Bertz CT molecular complexity index is 1020. The molecule has 2 unspecified atom stereocenters. The summed E-state index contributed by atoms with van der Waals surface area (Å²) in [6.07, 6.45) is 3.13. The predicted molar refractivity (Wildman–Crippen MR) is 107 cm³/mol. The minimum atomic E-state index is -0.737. The maximum Gasteiger partial charge on any atom is 0.308 e. The third kappa shape index (κ3) is 3.78. The van der Waals surface area contributed by atoms with Gasteiger partial charge >= 0.3 is 5.97 Å². The maximum absolute atomic E-state index is 11.6. The second kappa shape index (κ2) is 7.87. The zero-order chi connectivity index (χ0) is 19.5. The molecule has 4 rings (SSSR count). The lowest BCUT2D eigenvalue weighted by Crippen LogP contribution is -2.35. The molecule has 5 heteroatoms. The number of nitrogens with zero attached hydrogens (tertiary/aromatic N) is 1. The molecule has 0 bridgehead atoms. The van der Waals surface area contributed by atoms with Gasteiger partial charge in [0.2, 0.25) is 0 Å². The molecule has 2 atom stereocenters. The number of carboxylic acids is 1. The van der Waals surface area contributed by atoms with Crippen molar-refractivity contribution in [1.82, 2.24) is 5.32 Å². The topological polar surface area (TPSA) is 86.3 Å². The van der Waals surface area contributed by atoms with E-state index < -0.39 is 5.97 Å². The summed E-state index contributed by atoms with van der Waals surface area (Å²) < 4.78 is 5.93. The molecule has 1 aliphatic heterocycles. The van der Waals surface area contributed by atoms with Gasteiger partial charge in [0.1, 0.15) is 11.3 Å². The monoisotopic (exact) mass is 374 g/mol. The van der Waals surface area contributed by atoms with E-state index in [1.54, 1.807) is 0 Å². The van der Waals surface area contributed by atoms with Crippen LogP contribution in [0.1, 0.15) is 30.6 Å². The highest BCUT2D eigenvalue weighted by molar-refractivity contribution is 5.84. The molecule has 0 spiro atoms. The fourth-order valence-electron chi connectivity index (χ4n) is 3.99. The van der Waals surface area contributed by atoms with Crippen LogP contribution in [0.5, 0.6) is 0 Å². The molecule has 2 heterocycles. The van der Waals surface area contributed by atoms with Crippen LogP contribution in [0.25, 0.3) is 22.1 Å². The molecule has 0 saturated carbocycles. The van der Waals surface area contributed by atoms with Gasteiger partial charge in [-0.05, 0) is 67.3 Å². The van der Waals surface area contributed by atoms with Crippen LogP contribution in [0.2, 0.25) is 0 Å². The number of aliphatic carboxylic acids is 1. The highest BCUT2D eigenvalue weighted by Gasteiger charge is 2.30. The minimum absolute atomic E-state index is 0.0601. The Labute approximate surface area is 163 Å². The third-order valence-electron chi connectivity index (χ3n) is 5.52. The number of aryl methyl sites for hydroxylation is 1. The van der Waals surface area contributed by atoms with E-state index in [1.165, 1.54) is 0 Å². The first-order chi connectivity index (χ1) is 13.6. The van der Waals surface area contributed by atoms with Gasteiger partial charge in [-0.25, -0.2) is 0 Å². The Morgan fingerprint density at radius 2 is 2.00 bits per heavy atom. The lowest BCUT2D eigenvalue weighted by molar-refractivity contribution is -0.142. The predicted octanol–water partition coefficient (Wildman–Crippen LogP) is 4.36. The van der Waals surface area contributed by atoms with Crippen LogP contribution in [0.3, 0.4) is 0 Å². The number of nitriles is 1. The lowest BCUT2D eigenvalue weighted by atomic mass is 9.93. The molecular weight excluding hydrogens is 352 g/mol. The van der Waals surface area contributed by atoms with Crippen molar-refractivity contribution >= 4 is 16.9 Å². The van der Waals surface area contributed by atoms with Crippen molar-refractivity contribution in [2.75, 3.05) is 6.54 Å². The number of rotatable bonds is 6. The molecule has 142 valence electrons. The van der Waals surface area contributed by atoms with E-state index >= 15 is 0 Å². The second-order valence-corrected chi connectivity index (χ2v) is 7.34. The summed E-state index contributed by atoms with van der Waals surface area (Å²) in [7, 11) is 0. The van der Waals surface area contributed by atoms with E-state index in [0.29, 0.717) is 18.4 Å². The van der Waals surface area contributed by atoms with Crippen molar-refractivity contribution in [2.24, 2.45) is 5.92 Å². The summed E-state index contributed by atoms with van der Waals surface area (Å²) in [5.41, 5.74) is 3.54. The van der Waals surface area contributed by atoms with Crippen molar-refractivity contribution in [3.8, 4) is 17.2 Å². The maximum atomic E-state index is 11.6. The van der Waals surface area contributed by atoms with Gasteiger partial charge in [-0.1, -0.05) is 18.2 Å². The van der Waals surface area contributed by atoms with Gasteiger partial charge < -0.3 is 14.8 Å². The van der Waals surface area contributed by atoms with Crippen LogP contribution in [-0.2, 0) is 11.2 Å². The van der Waals surface area contributed by atoms with Crippen LogP contribution in [-0.4, -0.2) is 23.7 Å². The van der Waals surface area contributed by atoms with Crippen molar-refractivity contribution in [2.45, 2.75) is 31.7 Å². The van der Waals surface area contributed by atoms with Crippen LogP contribution in [0.4, 0.5) is 0 Å². The lowest BCUT2D eigenvalue weighted by Gasteiger charge is -2.18. The Balaban J connectivity index is 1.51. The summed E-state index contributed by atoms with van der Waals surface area (Å²) in [6, 6.07) is 17.7. The summed E-state index contributed by atoms with van der Waals surface area (Å²) >= 11 is 0. The van der Waals surface area contributed by atoms with E-state index in [-0.39, 0.29) is 12.0 Å². The zero-order valence-corrected chi connectivity index (χ0v) is 15.5. The number of hydrogen-bond acceptors (Lipinski definition) is 4. The standard InChI is InChI=1S/C23H22N2O3/c24-14-15-3-5-16(6-4-15)17-7-10-22-18(12-17)13-19(28-22)8-9-20(23(26)27)21-2-1-11-25-21/h3-7,10,12-13,20-21,25H,1-2,8-9,11H2,(H,26,27). The van der Waals surface area contributed by atoms with Gasteiger partial charge in [-0.3, -0.25) is 4.79 Å². The molecule has 1 aromatic heterocycles. The van der Waals surface area contributed by atoms with Gasteiger partial charge in [0.25, 0.3) is 0 Å². The molecule has 0 radical (unpaired) electrons. The Morgan fingerprint density at radius 3 is 2.68 bits per heavy atom. The van der Waals surface area contributed by atoms with E-state index in [0.717, 1.165) is 47.2 Å². The number of furan rings is 1. The van der Waals surface area contributed by atoms with Crippen molar-refractivity contribution < 1.29 is 14.3 Å². The average molecular weight is 374 g/mol. The van der Waals surface area contributed by atoms with Gasteiger partial charge in [-0.15, -0.1) is 0 Å². The summed E-state index contributed by atoms with van der Waals surface area (Å²) in [5.74, 6) is -0.306. The fourth-order valence-corrected chi connectivity index (χ4v) is 3.99. The zero-order valence-electron chi connectivity index (χ0n) is 15.5. The number of benzene rings is 2. The summed E-state index contributed by atoms with van der Waals surface area (Å²) in [4.78, 5) is 11.6. The molecule has 28 heavy (non-hydrogen) atoms. The SMILES string of the molecule is N#Cc1ccc(-c2ccc3oc(CCC(C(=O)O)C4CCCN4)cc3c2)cc1. The minimum Gasteiger partial charge on any atom is -0.481 e. The van der Waals surface area contributed by atoms with Crippen molar-refractivity contribution in [3.63, 3.8) is 0 Å². The molecule has 2 N–H and O–H groups in total. The molecule has 0 amide bonds. The Morgan fingerprint density at radius 1 is 1.21 bits per heavy atom. The Kier molecular flexibility index (Phi) is 5.14. The molecule has 1 aliphatic rings. The fraction of sp³-hybridized carbons (Fsp3) is 0.304. The van der Waals surface area contributed by atoms with Crippen LogP contribution in [0.15, 0.2) is 52.9 Å². The molecule has 3 aromatic rings. The van der Waals surface area contributed by atoms with Crippen LogP contribution in [0, 0.1) is 17.2 Å². The smallest absolute Gasteiger partial charge is 0.308 e. The normalized spacial score (nSPS) is 17.5. The number of carboxylic acid groups (broad SMARTS) is 1. The molecule has 5 nitrogen and oxygen atoms in total. The van der Waals surface area contributed by atoms with E-state index in [9.17, 15) is 9.90 Å². The highest BCUT2D eigenvalue weighted by Crippen LogP contribution is 2.28. The molecule has 1 fully saturated rings. The van der Waals surface area contributed by atoms with Crippen LogP contribution >= 0.6 is 0 Å². The summed E-state index contributed by atoms with van der Waals surface area (Å²) in [6.45, 7) is 0.900. The largest absolute Gasteiger partial charge is 0.481 e. The number of fused-ring (bicyclic) bond motifs is 1. The van der Waals surface area contributed by atoms with E-state index in [2.05, 4.69) is 17.5 Å². The molecule has 1 saturated heterocycles. The highest BCUT2D eigenvalue weighted by atomic mass is 16.4. The molecule has 0 aliphatic carbocycles. The summed E-state index contributed by atoms with van der Waals surface area (Å²) in [5, 5.41) is 22.8. The van der Waals surface area contributed by atoms with E-state index in [4.69, 9.17) is 9.68 Å². The van der Waals surface area contributed by atoms with Gasteiger partial charge in [0, 0.05) is 17.8 Å². The van der Waals surface area contributed by atoms with Crippen molar-refractivity contribution in [3.05, 3.63) is 59.9 Å². The van der Waals surface area contributed by atoms with Gasteiger partial charge in [-0.2, -0.15) is 5.26 Å². The number of nitrogens with one attached hydrogen (secondary N) is 1.